The van der Waals surface area contributed by atoms with Gasteiger partial charge in [-0.2, -0.15) is 0 Å². The maximum Gasteiger partial charge on any atom is 0.254 e. The Kier molecular flexibility index (Phi) is 3.56. The van der Waals surface area contributed by atoms with Gasteiger partial charge in [0, 0.05) is 12.1 Å². The van der Waals surface area contributed by atoms with E-state index in [4.69, 9.17) is 4.74 Å². The van der Waals surface area contributed by atoms with Gasteiger partial charge >= 0.3 is 0 Å². The first kappa shape index (κ1) is 12.7. The lowest BCUT2D eigenvalue weighted by molar-refractivity contribution is -0.0752. The highest BCUT2D eigenvalue weighted by molar-refractivity contribution is 5.94. The molecule has 0 radical (unpaired) electrons. The van der Waals surface area contributed by atoms with E-state index in [2.05, 4.69) is 0 Å². The summed E-state index contributed by atoms with van der Waals surface area (Å²) >= 11 is 0. The van der Waals surface area contributed by atoms with Gasteiger partial charge in [0.15, 0.2) is 0 Å². The molecule has 0 N–H and O–H groups in total. The Labute approximate surface area is 114 Å². The molecule has 1 amide bonds. The van der Waals surface area contributed by atoms with E-state index in [0.29, 0.717) is 6.61 Å². The van der Waals surface area contributed by atoms with E-state index in [0.717, 1.165) is 24.9 Å². The fourth-order valence-electron chi connectivity index (χ4n) is 3.21. The highest BCUT2D eigenvalue weighted by Crippen LogP contribution is 2.29. The molecule has 1 heterocycles. The Bertz CT molecular complexity index is 452. The molecule has 3 nitrogen and oxygen atoms in total. The molecule has 2 atom stereocenters. The number of aryl methyl sites for hydroxylation is 1. The largest absolute Gasteiger partial charge is 0.374 e. The van der Waals surface area contributed by atoms with Crippen LogP contribution < -0.4 is 0 Å². The number of carbonyl (C=O) groups excluding carboxylic acids is 1. The minimum atomic E-state index is 0.167. The van der Waals surface area contributed by atoms with Crippen LogP contribution in [0.3, 0.4) is 0 Å². The lowest BCUT2D eigenvalue weighted by Gasteiger charge is -2.43. The number of carbonyl (C=O) groups is 1. The van der Waals surface area contributed by atoms with Crippen LogP contribution in [-0.4, -0.2) is 36.1 Å². The van der Waals surface area contributed by atoms with Crippen LogP contribution in [0.15, 0.2) is 24.3 Å². The van der Waals surface area contributed by atoms with Crippen LogP contribution in [0.4, 0.5) is 0 Å². The molecule has 0 bridgehead atoms. The topological polar surface area (TPSA) is 29.5 Å². The fraction of sp³-hybridized carbons (Fsp3) is 0.562. The van der Waals surface area contributed by atoms with E-state index < -0.39 is 0 Å². The number of hydrogen-bond acceptors (Lipinski definition) is 2. The van der Waals surface area contributed by atoms with Crippen molar-refractivity contribution in [3.8, 4) is 0 Å². The van der Waals surface area contributed by atoms with E-state index in [1.807, 2.05) is 36.1 Å². The molecule has 3 heteroatoms. The third kappa shape index (κ3) is 2.52. The number of ether oxygens (including phenoxy) is 1. The van der Waals surface area contributed by atoms with Crippen LogP contribution in [0, 0.1) is 6.92 Å². The molecule has 19 heavy (non-hydrogen) atoms. The van der Waals surface area contributed by atoms with Crippen molar-refractivity contribution in [3.63, 3.8) is 0 Å². The maximum atomic E-state index is 12.6. The van der Waals surface area contributed by atoms with Gasteiger partial charge < -0.3 is 9.64 Å². The summed E-state index contributed by atoms with van der Waals surface area (Å²) in [5.41, 5.74) is 1.99. The van der Waals surface area contributed by atoms with E-state index in [1.54, 1.807) is 0 Å². The lowest BCUT2D eigenvalue weighted by Crippen LogP contribution is -2.54. The SMILES string of the molecule is Cc1ccc(C(=O)N2CCO[C@H]3CCCC[C@@H]32)cc1. The molecule has 1 aromatic carbocycles. The molecule has 1 aromatic rings. The summed E-state index contributed by atoms with van der Waals surface area (Å²) in [7, 11) is 0. The molecule has 1 saturated carbocycles. The molecular formula is C16H21NO2. The smallest absolute Gasteiger partial charge is 0.254 e. The Morgan fingerprint density at radius 3 is 2.74 bits per heavy atom. The minimum Gasteiger partial charge on any atom is -0.374 e. The lowest BCUT2D eigenvalue weighted by atomic mass is 9.89. The second-order valence-electron chi connectivity index (χ2n) is 5.63. The number of amides is 1. The fourth-order valence-corrected chi connectivity index (χ4v) is 3.21. The van der Waals surface area contributed by atoms with Crippen molar-refractivity contribution in [3.05, 3.63) is 35.4 Å². The zero-order valence-corrected chi connectivity index (χ0v) is 11.5. The summed E-state index contributed by atoms with van der Waals surface area (Å²) in [6, 6.07) is 8.17. The van der Waals surface area contributed by atoms with Gasteiger partial charge in [-0.15, -0.1) is 0 Å². The van der Waals surface area contributed by atoms with E-state index in [1.165, 1.54) is 18.4 Å². The predicted octanol–water partition coefficient (Wildman–Crippen LogP) is 2.78. The molecule has 0 spiro atoms. The van der Waals surface area contributed by atoms with Gasteiger partial charge in [-0.1, -0.05) is 30.5 Å². The summed E-state index contributed by atoms with van der Waals surface area (Å²) in [5, 5.41) is 0. The summed E-state index contributed by atoms with van der Waals surface area (Å²) < 4.78 is 5.82. The molecule has 0 unspecified atom stereocenters. The first-order chi connectivity index (χ1) is 9.25. The Morgan fingerprint density at radius 2 is 1.95 bits per heavy atom. The van der Waals surface area contributed by atoms with Crippen molar-refractivity contribution < 1.29 is 9.53 Å². The molecule has 1 saturated heterocycles. The zero-order valence-electron chi connectivity index (χ0n) is 11.5. The van der Waals surface area contributed by atoms with Gasteiger partial charge in [-0.3, -0.25) is 4.79 Å². The predicted molar refractivity (Wildman–Crippen MR) is 74.2 cm³/mol. The van der Waals surface area contributed by atoms with Crippen molar-refractivity contribution >= 4 is 5.91 Å². The summed E-state index contributed by atoms with van der Waals surface area (Å²) in [4.78, 5) is 14.7. The van der Waals surface area contributed by atoms with Gasteiger partial charge in [0.1, 0.15) is 0 Å². The summed E-state index contributed by atoms with van der Waals surface area (Å²) in [6.07, 6.45) is 4.89. The third-order valence-electron chi connectivity index (χ3n) is 4.29. The quantitative estimate of drug-likeness (QED) is 0.776. The van der Waals surface area contributed by atoms with Gasteiger partial charge in [-0.05, 0) is 31.9 Å². The monoisotopic (exact) mass is 259 g/mol. The van der Waals surface area contributed by atoms with Crippen LogP contribution in [0.5, 0.6) is 0 Å². The van der Waals surface area contributed by atoms with Crippen LogP contribution in [-0.2, 0) is 4.74 Å². The number of fused-ring (bicyclic) bond motifs is 1. The standard InChI is InChI=1S/C16H21NO2/c1-12-6-8-13(9-7-12)16(18)17-10-11-19-15-5-3-2-4-14(15)17/h6-9,14-15H,2-5,10-11H2,1H3/t14-,15-/m0/s1. The van der Waals surface area contributed by atoms with Crippen LogP contribution in [0.2, 0.25) is 0 Å². The number of hydrogen-bond donors (Lipinski definition) is 0. The van der Waals surface area contributed by atoms with Gasteiger partial charge in [0.25, 0.3) is 5.91 Å². The molecule has 0 aromatic heterocycles. The molecular weight excluding hydrogens is 238 g/mol. The Morgan fingerprint density at radius 1 is 1.21 bits per heavy atom. The molecule has 1 aliphatic heterocycles. The number of morpholine rings is 1. The second-order valence-corrected chi connectivity index (χ2v) is 5.63. The van der Waals surface area contributed by atoms with Gasteiger partial charge in [-0.25, -0.2) is 0 Å². The number of rotatable bonds is 1. The van der Waals surface area contributed by atoms with Crippen LogP contribution >= 0.6 is 0 Å². The average Bonchev–Trinajstić information content (AvgIpc) is 2.47. The zero-order chi connectivity index (χ0) is 13.2. The number of nitrogens with zero attached hydrogens (tertiary/aromatic N) is 1. The summed E-state index contributed by atoms with van der Waals surface area (Å²) in [5.74, 6) is 0.167. The van der Waals surface area contributed by atoms with Crippen LogP contribution in [0.1, 0.15) is 41.6 Å². The van der Waals surface area contributed by atoms with Crippen LogP contribution in [0.25, 0.3) is 0 Å². The van der Waals surface area contributed by atoms with Crippen molar-refractivity contribution in [2.75, 3.05) is 13.2 Å². The minimum absolute atomic E-state index is 0.167. The molecule has 102 valence electrons. The Hall–Kier alpha value is -1.35. The third-order valence-corrected chi connectivity index (χ3v) is 4.29. The molecule has 2 aliphatic rings. The first-order valence-corrected chi connectivity index (χ1v) is 7.25. The van der Waals surface area contributed by atoms with Gasteiger partial charge in [0.05, 0.1) is 18.8 Å². The van der Waals surface area contributed by atoms with E-state index in [9.17, 15) is 4.79 Å². The van der Waals surface area contributed by atoms with E-state index in [-0.39, 0.29) is 18.1 Å². The van der Waals surface area contributed by atoms with Crippen molar-refractivity contribution in [2.45, 2.75) is 44.8 Å². The van der Waals surface area contributed by atoms with Crippen molar-refractivity contribution in [1.29, 1.82) is 0 Å². The van der Waals surface area contributed by atoms with Gasteiger partial charge in [0.2, 0.25) is 0 Å². The molecule has 2 fully saturated rings. The first-order valence-electron chi connectivity index (χ1n) is 7.25. The van der Waals surface area contributed by atoms with E-state index >= 15 is 0 Å². The molecule has 3 rings (SSSR count). The molecule has 1 aliphatic carbocycles. The second kappa shape index (κ2) is 5.33. The Balaban J connectivity index is 1.79. The normalized spacial score (nSPS) is 26.9. The maximum absolute atomic E-state index is 12.6. The summed E-state index contributed by atoms with van der Waals surface area (Å²) in [6.45, 7) is 3.45. The van der Waals surface area contributed by atoms with Crippen molar-refractivity contribution in [2.24, 2.45) is 0 Å². The highest BCUT2D eigenvalue weighted by atomic mass is 16.5. The highest BCUT2D eigenvalue weighted by Gasteiger charge is 2.36. The average molecular weight is 259 g/mol. The number of benzene rings is 1. The van der Waals surface area contributed by atoms with Crippen molar-refractivity contribution in [1.82, 2.24) is 4.90 Å².